The molecule has 34 heavy (non-hydrogen) atoms. The number of benzene rings is 2. The number of halogens is 2. The lowest BCUT2D eigenvalue weighted by Gasteiger charge is -2.43. The maximum absolute atomic E-state index is 13.7. The molecule has 1 saturated heterocycles. The van der Waals surface area contributed by atoms with E-state index in [1.165, 1.54) is 21.8 Å². The number of aromatic amines is 1. The number of amides is 2. The fourth-order valence-electron chi connectivity index (χ4n) is 6.90. The minimum absolute atomic E-state index is 0.0410. The van der Waals surface area contributed by atoms with Crippen LogP contribution in [0, 0.1) is 29.6 Å². The van der Waals surface area contributed by atoms with E-state index < -0.39 is 0 Å². The highest BCUT2D eigenvalue weighted by Gasteiger charge is 2.69. The molecular weight excluding hydrogens is 600 g/mol. The molecular formula is C25H18Br2N2O3S2. The van der Waals surface area contributed by atoms with Crippen molar-refractivity contribution in [3.63, 3.8) is 0 Å². The highest BCUT2D eigenvalue weighted by molar-refractivity contribution is 9.10. The van der Waals surface area contributed by atoms with Crippen molar-refractivity contribution in [2.24, 2.45) is 29.6 Å². The molecule has 2 saturated carbocycles. The number of hydrogen-bond donors (Lipinski definition) is 1. The molecule has 5 nitrogen and oxygen atoms in total. The molecule has 7 rings (SSSR count). The molecule has 2 aliphatic carbocycles. The molecule has 172 valence electrons. The summed E-state index contributed by atoms with van der Waals surface area (Å²) in [7, 11) is 0. The molecule has 1 aromatic heterocycles. The van der Waals surface area contributed by atoms with Crippen molar-refractivity contribution in [3.8, 4) is 0 Å². The minimum Gasteiger partial charge on any atom is -0.307 e. The van der Waals surface area contributed by atoms with E-state index in [4.69, 9.17) is 0 Å². The standard InChI is InChI=1S/C25H18Br2N2O3S2/c26-11-3-1-10(2-4-11)16-17-14-9-15(20(17)33-22-21(16)34-25(32)28-22)19-18(14)23(30)29(24(19)31)13-7-5-12(27)6-8-13/h1-8,14-20H,9H2,(H,28,32)/t14-,15-,16+,17+,18+,19+,20-/m1/s1. The van der Waals surface area contributed by atoms with Crippen molar-refractivity contribution in [2.45, 2.75) is 22.6 Å². The fraction of sp³-hybridized carbons (Fsp3) is 0.320. The van der Waals surface area contributed by atoms with Gasteiger partial charge in [-0.05, 0) is 66.1 Å². The Hall–Kier alpha value is -1.68. The molecule has 0 spiro atoms. The fourth-order valence-corrected chi connectivity index (χ4v) is 10.3. The zero-order valence-corrected chi connectivity index (χ0v) is 22.4. The summed E-state index contributed by atoms with van der Waals surface area (Å²) in [6.45, 7) is 0. The first kappa shape index (κ1) is 21.6. The Morgan fingerprint density at radius 1 is 0.853 bits per heavy atom. The van der Waals surface area contributed by atoms with Gasteiger partial charge in [-0.3, -0.25) is 19.3 Å². The molecule has 2 amide bonds. The van der Waals surface area contributed by atoms with Gasteiger partial charge in [-0.1, -0.05) is 55.3 Å². The van der Waals surface area contributed by atoms with Gasteiger partial charge in [0.25, 0.3) is 0 Å². The molecule has 3 aromatic rings. The van der Waals surface area contributed by atoms with Gasteiger partial charge >= 0.3 is 4.87 Å². The molecule has 2 bridgehead atoms. The second kappa shape index (κ2) is 7.66. The lowest BCUT2D eigenvalue weighted by atomic mass is 9.68. The van der Waals surface area contributed by atoms with Crippen molar-refractivity contribution in [3.05, 3.63) is 77.6 Å². The summed E-state index contributed by atoms with van der Waals surface area (Å²) in [5.74, 6) is -0.133. The van der Waals surface area contributed by atoms with E-state index >= 15 is 0 Å². The van der Waals surface area contributed by atoms with Gasteiger partial charge in [0.2, 0.25) is 11.8 Å². The van der Waals surface area contributed by atoms with Crippen LogP contribution in [0.15, 0.2) is 67.3 Å². The predicted octanol–water partition coefficient (Wildman–Crippen LogP) is 5.64. The normalized spacial score (nSPS) is 33.2. The average molecular weight is 618 g/mol. The van der Waals surface area contributed by atoms with E-state index in [1.54, 1.807) is 11.8 Å². The second-order valence-corrected chi connectivity index (χ2v) is 13.5. The van der Waals surface area contributed by atoms with Crippen LogP contribution in [-0.4, -0.2) is 22.0 Å². The number of carbonyl (C=O) groups is 2. The summed E-state index contributed by atoms with van der Waals surface area (Å²) in [6, 6.07) is 15.7. The van der Waals surface area contributed by atoms with Crippen LogP contribution in [0.2, 0.25) is 0 Å². The first-order valence-corrected chi connectivity index (χ1v) is 14.5. The molecule has 0 unspecified atom stereocenters. The molecule has 0 radical (unpaired) electrons. The zero-order valence-electron chi connectivity index (χ0n) is 17.6. The summed E-state index contributed by atoms with van der Waals surface area (Å²) in [5.41, 5.74) is 1.82. The number of H-pyrrole nitrogens is 1. The molecule has 3 heterocycles. The van der Waals surface area contributed by atoms with E-state index in [0.717, 1.165) is 25.3 Å². The van der Waals surface area contributed by atoms with E-state index in [2.05, 4.69) is 49.0 Å². The van der Waals surface area contributed by atoms with Crippen LogP contribution in [0.25, 0.3) is 0 Å². The third kappa shape index (κ3) is 2.93. The van der Waals surface area contributed by atoms with Crippen LogP contribution >= 0.6 is 55.0 Å². The number of aromatic nitrogens is 1. The number of nitrogens with zero attached hydrogens (tertiary/aromatic N) is 1. The highest BCUT2D eigenvalue weighted by Crippen LogP contribution is 2.68. The lowest BCUT2D eigenvalue weighted by molar-refractivity contribution is -0.123. The Morgan fingerprint density at radius 2 is 1.47 bits per heavy atom. The lowest BCUT2D eigenvalue weighted by Crippen LogP contribution is -2.42. The Bertz CT molecular complexity index is 1400. The first-order chi connectivity index (χ1) is 16.4. The number of nitrogens with one attached hydrogen (secondary N) is 1. The van der Waals surface area contributed by atoms with Gasteiger partial charge in [-0.25, -0.2) is 0 Å². The topological polar surface area (TPSA) is 70.2 Å². The maximum atomic E-state index is 13.7. The smallest absolute Gasteiger partial charge is 0.305 e. The molecule has 1 N–H and O–H groups in total. The summed E-state index contributed by atoms with van der Waals surface area (Å²) >= 11 is 9.97. The summed E-state index contributed by atoms with van der Waals surface area (Å²) in [6.07, 6.45) is 0.898. The number of thiazole rings is 1. The Kier molecular flexibility index (Phi) is 4.86. The van der Waals surface area contributed by atoms with E-state index in [-0.39, 0.29) is 57.4 Å². The van der Waals surface area contributed by atoms with Gasteiger partial charge < -0.3 is 4.98 Å². The summed E-state index contributed by atoms with van der Waals surface area (Å²) in [5, 5.41) is 1.15. The van der Waals surface area contributed by atoms with Gasteiger partial charge in [0.15, 0.2) is 0 Å². The first-order valence-electron chi connectivity index (χ1n) is 11.2. The van der Waals surface area contributed by atoms with Crippen LogP contribution in [0.3, 0.4) is 0 Å². The van der Waals surface area contributed by atoms with Gasteiger partial charge in [-0.2, -0.15) is 0 Å². The van der Waals surface area contributed by atoms with Gasteiger partial charge in [0.1, 0.15) is 0 Å². The average Bonchev–Trinajstić information content (AvgIpc) is 3.54. The monoisotopic (exact) mass is 616 g/mol. The van der Waals surface area contributed by atoms with Crippen LogP contribution in [0.1, 0.15) is 22.8 Å². The van der Waals surface area contributed by atoms with Crippen molar-refractivity contribution in [1.29, 1.82) is 0 Å². The van der Waals surface area contributed by atoms with Gasteiger partial charge in [0.05, 0.1) is 22.5 Å². The Balaban J connectivity index is 1.32. The van der Waals surface area contributed by atoms with Crippen LogP contribution in [0.4, 0.5) is 5.69 Å². The SMILES string of the molecule is O=C1[C@H]2[C@H]3C[C@@H]([C@@H]2C(=O)N1c1ccc(Br)cc1)[C@H]1[C@H](c2ccc(Br)cc2)c2sc(=O)[nH]c2S[C@H]31. The number of hydrogen-bond acceptors (Lipinski definition) is 5. The van der Waals surface area contributed by atoms with Crippen molar-refractivity contribution in [1.82, 2.24) is 4.98 Å². The largest absolute Gasteiger partial charge is 0.307 e. The number of rotatable bonds is 2. The van der Waals surface area contributed by atoms with Crippen LogP contribution in [-0.2, 0) is 9.59 Å². The predicted molar refractivity (Wildman–Crippen MR) is 139 cm³/mol. The summed E-state index contributed by atoms with van der Waals surface area (Å²) in [4.78, 5) is 45.2. The van der Waals surface area contributed by atoms with Crippen molar-refractivity contribution >= 4 is 72.5 Å². The van der Waals surface area contributed by atoms with Crippen molar-refractivity contribution in [2.75, 3.05) is 4.90 Å². The third-order valence-electron chi connectivity index (χ3n) is 8.04. The number of fused-ring (bicyclic) bond motifs is 9. The molecule has 9 heteroatoms. The summed E-state index contributed by atoms with van der Waals surface area (Å²) < 4.78 is 1.92. The number of carbonyl (C=O) groups excluding carboxylic acids is 2. The number of imide groups is 1. The second-order valence-electron chi connectivity index (χ2n) is 9.50. The zero-order chi connectivity index (χ0) is 23.3. The molecule has 2 aromatic carbocycles. The molecule has 7 atom stereocenters. The van der Waals surface area contributed by atoms with Gasteiger partial charge in [0, 0.05) is 25.0 Å². The third-order valence-corrected chi connectivity index (χ3v) is 11.7. The molecule has 4 aliphatic rings. The number of anilines is 1. The quantitative estimate of drug-likeness (QED) is 0.378. The Labute approximate surface area is 220 Å². The van der Waals surface area contributed by atoms with Gasteiger partial charge in [-0.15, -0.1) is 11.8 Å². The highest BCUT2D eigenvalue weighted by atomic mass is 79.9. The van der Waals surface area contributed by atoms with Crippen LogP contribution in [0.5, 0.6) is 0 Å². The number of thioether (sulfide) groups is 1. The van der Waals surface area contributed by atoms with Crippen LogP contribution < -0.4 is 9.77 Å². The van der Waals surface area contributed by atoms with E-state index in [0.29, 0.717) is 5.69 Å². The van der Waals surface area contributed by atoms with Crippen molar-refractivity contribution < 1.29 is 9.59 Å². The van der Waals surface area contributed by atoms with E-state index in [9.17, 15) is 14.4 Å². The van der Waals surface area contributed by atoms with E-state index in [1.807, 2.05) is 36.4 Å². The minimum atomic E-state index is -0.279. The maximum Gasteiger partial charge on any atom is 0.305 e. The molecule has 2 aliphatic heterocycles. The molecule has 3 fully saturated rings. The Morgan fingerprint density at radius 3 is 2.15 bits per heavy atom.